The molecular weight excluding hydrogens is 708 g/mol. The highest BCUT2D eigenvalue weighted by Gasteiger charge is 2.24. The van der Waals surface area contributed by atoms with E-state index in [0.717, 1.165) is 11.1 Å². The molecule has 0 aromatic heterocycles. The molecule has 0 aliphatic heterocycles. The maximum Gasteiger partial charge on any atom is 0.411 e. The Kier molecular flexibility index (Phi) is 17.4. The number of hydrogen-bond donors (Lipinski definition) is 3. The number of carbonyl (C=O) groups excluding carboxylic acids is 3. The van der Waals surface area contributed by atoms with Crippen LogP contribution in [0.15, 0.2) is 84.9 Å². The van der Waals surface area contributed by atoms with Crippen molar-refractivity contribution in [2.75, 3.05) is 59.3 Å². The Balaban J connectivity index is 0.000000291. The first-order valence-electron chi connectivity index (χ1n) is 16.2. The fourth-order valence-electron chi connectivity index (χ4n) is 4.46. The third-order valence-corrected chi connectivity index (χ3v) is 6.88. The van der Waals surface area contributed by atoms with Crippen molar-refractivity contribution in [1.29, 1.82) is 0 Å². The number of rotatable bonds is 17. The van der Waals surface area contributed by atoms with Crippen LogP contribution >= 0.6 is 0 Å². The minimum atomic E-state index is -1.28. The fraction of sp³-hybridized carbons (Fsp3) is 0.263. The lowest BCUT2D eigenvalue weighted by molar-refractivity contribution is 0.0437. The van der Waals surface area contributed by atoms with Crippen molar-refractivity contribution in [2.24, 2.45) is 0 Å². The average molecular weight is 751 g/mol. The van der Waals surface area contributed by atoms with E-state index in [2.05, 4.69) is 10.6 Å². The van der Waals surface area contributed by atoms with E-state index < -0.39 is 24.1 Å². The Morgan fingerprint density at radius 3 is 1.41 bits per heavy atom. The molecule has 0 saturated carbocycles. The molecule has 4 aromatic carbocycles. The SMILES string of the molecule is CCOC(=O)c1c(NC(=O)OCc2ccccc2)cc(OC)cc1OCOC.COCOc1cc(OC)cc(NC(=O)OCc2ccccc2)c1C(=O)O. The molecule has 0 saturated heterocycles. The zero-order valence-electron chi connectivity index (χ0n) is 30.4. The summed E-state index contributed by atoms with van der Waals surface area (Å²) in [5.41, 5.74) is 1.56. The van der Waals surface area contributed by atoms with E-state index in [1.54, 1.807) is 19.1 Å². The minimum Gasteiger partial charge on any atom is -0.497 e. The number of amides is 2. The zero-order chi connectivity index (χ0) is 39.3. The molecule has 0 aliphatic rings. The molecule has 288 valence electrons. The molecule has 54 heavy (non-hydrogen) atoms. The van der Waals surface area contributed by atoms with E-state index in [4.69, 9.17) is 42.6 Å². The third-order valence-electron chi connectivity index (χ3n) is 6.88. The molecule has 0 heterocycles. The summed E-state index contributed by atoms with van der Waals surface area (Å²) in [5, 5.41) is 14.4. The van der Waals surface area contributed by atoms with E-state index in [9.17, 15) is 24.3 Å². The van der Waals surface area contributed by atoms with Crippen molar-refractivity contribution in [3.05, 3.63) is 107 Å². The number of nitrogens with one attached hydrogen (secondary N) is 2. The summed E-state index contributed by atoms with van der Waals surface area (Å²) in [6.45, 7) is 1.71. The number of esters is 1. The van der Waals surface area contributed by atoms with Gasteiger partial charge in [0.2, 0.25) is 0 Å². The van der Waals surface area contributed by atoms with Crippen molar-refractivity contribution < 1.29 is 66.9 Å². The van der Waals surface area contributed by atoms with Crippen LogP contribution in [0.2, 0.25) is 0 Å². The number of ether oxygens (including phenoxy) is 9. The fourth-order valence-corrected chi connectivity index (χ4v) is 4.46. The van der Waals surface area contributed by atoms with E-state index >= 15 is 0 Å². The summed E-state index contributed by atoms with van der Waals surface area (Å²) < 4.78 is 46.1. The Morgan fingerprint density at radius 2 is 1.02 bits per heavy atom. The summed E-state index contributed by atoms with van der Waals surface area (Å²) in [5.74, 6) is -1.11. The predicted octanol–water partition coefficient (Wildman–Crippen LogP) is 6.73. The van der Waals surface area contributed by atoms with Gasteiger partial charge in [0.15, 0.2) is 13.6 Å². The van der Waals surface area contributed by atoms with E-state index in [0.29, 0.717) is 11.5 Å². The number of benzene rings is 4. The molecule has 2 amide bonds. The van der Waals surface area contributed by atoms with Crippen molar-refractivity contribution >= 4 is 35.5 Å². The van der Waals surface area contributed by atoms with Crippen LogP contribution in [0.25, 0.3) is 0 Å². The van der Waals surface area contributed by atoms with Crippen LogP contribution in [0.3, 0.4) is 0 Å². The first kappa shape index (κ1) is 41.9. The first-order chi connectivity index (χ1) is 26.1. The predicted molar refractivity (Wildman–Crippen MR) is 194 cm³/mol. The molecule has 0 spiro atoms. The monoisotopic (exact) mass is 750 g/mol. The average Bonchev–Trinajstić information content (AvgIpc) is 3.18. The lowest BCUT2D eigenvalue weighted by Gasteiger charge is -2.16. The smallest absolute Gasteiger partial charge is 0.411 e. The van der Waals surface area contributed by atoms with Gasteiger partial charge in [-0.15, -0.1) is 0 Å². The van der Waals surface area contributed by atoms with Gasteiger partial charge >= 0.3 is 24.1 Å². The van der Waals surface area contributed by atoms with Crippen LogP contribution in [-0.2, 0) is 36.9 Å². The zero-order valence-corrected chi connectivity index (χ0v) is 30.4. The molecule has 0 bridgehead atoms. The van der Waals surface area contributed by atoms with E-state index in [1.165, 1.54) is 52.7 Å². The van der Waals surface area contributed by atoms with Crippen LogP contribution < -0.4 is 29.6 Å². The summed E-state index contributed by atoms with van der Waals surface area (Å²) in [6, 6.07) is 24.1. The molecule has 3 N–H and O–H groups in total. The molecule has 16 nitrogen and oxygen atoms in total. The van der Waals surface area contributed by atoms with Gasteiger partial charge in [0.25, 0.3) is 0 Å². The van der Waals surface area contributed by atoms with Crippen molar-refractivity contribution in [2.45, 2.75) is 20.1 Å². The van der Waals surface area contributed by atoms with Crippen LogP contribution in [0.1, 0.15) is 38.8 Å². The molecule has 4 rings (SSSR count). The number of aromatic carboxylic acids is 1. The Bertz CT molecular complexity index is 1820. The van der Waals surface area contributed by atoms with Crippen molar-refractivity contribution in [1.82, 2.24) is 0 Å². The van der Waals surface area contributed by atoms with Gasteiger partial charge in [0.1, 0.15) is 47.3 Å². The molecular formula is C38H42N2O14. The number of carboxylic acids is 1. The number of carboxylic acid groups (broad SMARTS) is 1. The first-order valence-corrected chi connectivity index (χ1v) is 16.2. The third kappa shape index (κ3) is 13.2. The maximum atomic E-state index is 12.4. The molecule has 16 heteroatoms. The molecule has 0 atom stereocenters. The van der Waals surface area contributed by atoms with E-state index in [1.807, 2.05) is 48.5 Å². The summed E-state index contributed by atoms with van der Waals surface area (Å²) in [7, 11) is 5.72. The number of carbonyl (C=O) groups is 4. The van der Waals surface area contributed by atoms with Gasteiger partial charge < -0.3 is 47.7 Å². The second kappa shape index (κ2) is 22.4. The van der Waals surface area contributed by atoms with Gasteiger partial charge in [-0.05, 0) is 18.1 Å². The van der Waals surface area contributed by atoms with Crippen LogP contribution in [0.5, 0.6) is 23.0 Å². The minimum absolute atomic E-state index is 0.00272. The van der Waals surface area contributed by atoms with Crippen molar-refractivity contribution in [3.8, 4) is 23.0 Å². The molecule has 0 aliphatic carbocycles. The van der Waals surface area contributed by atoms with Gasteiger partial charge in [-0.1, -0.05) is 60.7 Å². The lowest BCUT2D eigenvalue weighted by Crippen LogP contribution is -2.18. The van der Waals surface area contributed by atoms with Crippen molar-refractivity contribution in [3.63, 3.8) is 0 Å². The van der Waals surface area contributed by atoms with Gasteiger partial charge in [-0.2, -0.15) is 0 Å². The van der Waals surface area contributed by atoms with Gasteiger partial charge in [-0.3, -0.25) is 10.6 Å². The number of hydrogen-bond acceptors (Lipinski definition) is 13. The topological polar surface area (TPSA) is 196 Å². The van der Waals surface area contributed by atoms with E-state index in [-0.39, 0.29) is 67.4 Å². The number of anilines is 2. The molecule has 0 fully saturated rings. The quantitative estimate of drug-likeness (QED) is 0.0584. The molecule has 0 radical (unpaired) electrons. The second-order valence-corrected chi connectivity index (χ2v) is 10.6. The van der Waals surface area contributed by atoms with Crippen LogP contribution in [0, 0.1) is 0 Å². The second-order valence-electron chi connectivity index (χ2n) is 10.6. The normalized spacial score (nSPS) is 10.1. The maximum absolute atomic E-state index is 12.4. The van der Waals surface area contributed by atoms with Crippen LogP contribution in [-0.4, -0.2) is 77.9 Å². The summed E-state index contributed by atoms with van der Waals surface area (Å²) in [6.07, 6.45) is -1.54. The Hall–Kier alpha value is -6.52. The summed E-state index contributed by atoms with van der Waals surface area (Å²) in [4.78, 5) is 48.4. The molecule has 4 aromatic rings. The lowest BCUT2D eigenvalue weighted by atomic mass is 10.1. The van der Waals surface area contributed by atoms with Gasteiger partial charge in [0, 0.05) is 38.5 Å². The molecule has 0 unspecified atom stereocenters. The van der Waals surface area contributed by atoms with Gasteiger partial charge in [-0.25, -0.2) is 19.2 Å². The Labute approximate surface area is 311 Å². The number of methoxy groups -OCH3 is 4. The highest BCUT2D eigenvalue weighted by atomic mass is 16.7. The highest BCUT2D eigenvalue weighted by Crippen LogP contribution is 2.34. The largest absolute Gasteiger partial charge is 0.497 e. The Morgan fingerprint density at radius 1 is 0.593 bits per heavy atom. The standard InChI is InChI=1S/C20H23NO7.C18H19NO7/c1-4-26-19(22)18-16(10-15(25-3)11-17(18)28-13-24-2)21-20(23)27-12-14-8-6-5-7-9-14;1-23-11-26-15-9-13(24-2)8-14(16(15)17(20)21)19-18(22)25-10-12-6-4-3-5-7-12/h5-11H,4,12-13H2,1-3H3,(H,21,23);3-9H,10-11H2,1-2H3,(H,19,22)(H,20,21). The van der Waals surface area contributed by atoms with Gasteiger partial charge in [0.05, 0.1) is 32.2 Å². The summed E-state index contributed by atoms with van der Waals surface area (Å²) >= 11 is 0. The highest BCUT2D eigenvalue weighted by molar-refractivity contribution is 6.03. The van der Waals surface area contributed by atoms with Crippen LogP contribution in [0.4, 0.5) is 21.0 Å².